The smallest absolute Gasteiger partial charge is 0.257 e. The normalized spacial score (nSPS) is 15.7. The standard InChI is InChI=1S/C31H35N7O/c1-21-28(37-30-33-14-11-27(36-30)23-6-5-13-32-17-23)16-25(18-34-21)29(39)35-26-9-7-22(8-10-26)24-12-15-38(19-24)20-31(2,3)4/h5-11,13-14,16-18,24H,12,15,19-20H2,1-4H3,(H,35,39)(H,33,36,37). The Kier molecular flexibility index (Phi) is 7.65. The van der Waals surface area contributed by atoms with Gasteiger partial charge in [-0.25, -0.2) is 9.97 Å². The van der Waals surface area contributed by atoms with Crippen LogP contribution in [0.4, 0.5) is 17.3 Å². The molecule has 2 N–H and O–H groups in total. The highest BCUT2D eigenvalue weighted by Gasteiger charge is 2.26. The van der Waals surface area contributed by atoms with Gasteiger partial charge in [-0.1, -0.05) is 32.9 Å². The van der Waals surface area contributed by atoms with E-state index in [0.717, 1.165) is 42.3 Å². The van der Waals surface area contributed by atoms with Crippen molar-refractivity contribution >= 4 is 23.2 Å². The number of hydrogen-bond donors (Lipinski definition) is 2. The minimum atomic E-state index is -0.222. The molecule has 0 spiro atoms. The Balaban J connectivity index is 1.23. The van der Waals surface area contributed by atoms with Crippen LogP contribution in [0.3, 0.4) is 0 Å². The van der Waals surface area contributed by atoms with E-state index in [4.69, 9.17) is 0 Å². The summed E-state index contributed by atoms with van der Waals surface area (Å²) < 4.78 is 0. The summed E-state index contributed by atoms with van der Waals surface area (Å²) in [6, 6.07) is 15.6. The van der Waals surface area contributed by atoms with Crippen LogP contribution in [0.25, 0.3) is 11.3 Å². The van der Waals surface area contributed by atoms with Gasteiger partial charge in [-0.15, -0.1) is 0 Å². The van der Waals surface area contributed by atoms with E-state index in [-0.39, 0.29) is 5.91 Å². The third-order valence-corrected chi connectivity index (χ3v) is 6.82. The molecule has 1 fully saturated rings. The number of aromatic nitrogens is 4. The van der Waals surface area contributed by atoms with Gasteiger partial charge < -0.3 is 15.5 Å². The van der Waals surface area contributed by atoms with Crippen LogP contribution in [0.1, 0.15) is 54.7 Å². The number of aryl methyl sites for hydroxylation is 1. The van der Waals surface area contributed by atoms with E-state index >= 15 is 0 Å². The fourth-order valence-corrected chi connectivity index (χ4v) is 4.96. The number of amides is 1. The number of carbonyl (C=O) groups is 1. The second-order valence-electron chi connectivity index (χ2n) is 11.3. The quantitative estimate of drug-likeness (QED) is 0.305. The molecule has 1 atom stereocenters. The number of hydrogen-bond acceptors (Lipinski definition) is 7. The molecule has 0 radical (unpaired) electrons. The third-order valence-electron chi connectivity index (χ3n) is 6.82. The van der Waals surface area contributed by atoms with Crippen LogP contribution in [0.15, 0.2) is 73.3 Å². The second kappa shape index (κ2) is 11.3. The maximum atomic E-state index is 13.1. The molecule has 0 saturated carbocycles. The zero-order valence-corrected chi connectivity index (χ0v) is 23.0. The van der Waals surface area contributed by atoms with Gasteiger partial charge in [-0.3, -0.25) is 14.8 Å². The Morgan fingerprint density at radius 2 is 1.87 bits per heavy atom. The van der Waals surface area contributed by atoms with Crippen LogP contribution in [0.2, 0.25) is 0 Å². The maximum Gasteiger partial charge on any atom is 0.257 e. The van der Waals surface area contributed by atoms with Gasteiger partial charge in [0.25, 0.3) is 5.91 Å². The van der Waals surface area contributed by atoms with Crippen molar-refractivity contribution in [3.63, 3.8) is 0 Å². The van der Waals surface area contributed by atoms with Crippen molar-refractivity contribution in [1.29, 1.82) is 0 Å². The van der Waals surface area contributed by atoms with Crippen LogP contribution >= 0.6 is 0 Å². The molecule has 0 bridgehead atoms. The number of carbonyl (C=O) groups excluding carboxylic acids is 1. The fourth-order valence-electron chi connectivity index (χ4n) is 4.96. The van der Waals surface area contributed by atoms with Gasteiger partial charge in [0.05, 0.1) is 22.6 Å². The lowest BCUT2D eigenvalue weighted by Crippen LogP contribution is -2.30. The summed E-state index contributed by atoms with van der Waals surface area (Å²) in [4.78, 5) is 33.1. The van der Waals surface area contributed by atoms with Crippen molar-refractivity contribution in [2.75, 3.05) is 30.3 Å². The minimum absolute atomic E-state index is 0.222. The second-order valence-corrected chi connectivity index (χ2v) is 11.3. The van der Waals surface area contributed by atoms with Crippen molar-refractivity contribution in [1.82, 2.24) is 24.8 Å². The molecule has 3 aromatic heterocycles. The molecule has 1 saturated heterocycles. The van der Waals surface area contributed by atoms with Crippen molar-refractivity contribution < 1.29 is 4.79 Å². The van der Waals surface area contributed by atoms with E-state index < -0.39 is 0 Å². The molecular weight excluding hydrogens is 486 g/mol. The Hall–Kier alpha value is -4.17. The SMILES string of the molecule is Cc1ncc(C(=O)Nc2ccc(C3CCN(CC(C)(C)C)C3)cc2)cc1Nc1nccc(-c2cccnc2)n1. The van der Waals surface area contributed by atoms with Crippen LogP contribution in [0.5, 0.6) is 0 Å². The van der Waals surface area contributed by atoms with Gasteiger partial charge in [-0.05, 0) is 73.2 Å². The molecular formula is C31H35N7O. The lowest BCUT2D eigenvalue weighted by atomic mass is 9.96. The summed E-state index contributed by atoms with van der Waals surface area (Å²) in [6.07, 6.45) is 7.92. The largest absolute Gasteiger partial charge is 0.323 e. The average Bonchev–Trinajstić information content (AvgIpc) is 3.38. The van der Waals surface area contributed by atoms with E-state index in [1.165, 1.54) is 12.0 Å². The number of benzene rings is 1. The third kappa shape index (κ3) is 6.83. The fraction of sp³-hybridized carbons (Fsp3) is 0.323. The molecule has 1 aliphatic heterocycles. The summed E-state index contributed by atoms with van der Waals surface area (Å²) >= 11 is 0. The number of anilines is 3. The molecule has 1 unspecified atom stereocenters. The zero-order chi connectivity index (χ0) is 27.4. The van der Waals surface area contributed by atoms with Gasteiger partial charge in [-0.2, -0.15) is 0 Å². The van der Waals surface area contributed by atoms with Crippen molar-refractivity contribution in [3.05, 3.63) is 90.1 Å². The highest BCUT2D eigenvalue weighted by molar-refractivity contribution is 6.04. The number of rotatable bonds is 7. The molecule has 4 heterocycles. The van der Waals surface area contributed by atoms with E-state index in [0.29, 0.717) is 28.5 Å². The molecule has 0 aliphatic carbocycles. The molecule has 8 nitrogen and oxygen atoms in total. The van der Waals surface area contributed by atoms with Gasteiger partial charge in [0.15, 0.2) is 0 Å². The Labute approximate surface area is 230 Å². The lowest BCUT2D eigenvalue weighted by molar-refractivity contribution is 0.102. The Bertz CT molecular complexity index is 1430. The molecule has 39 heavy (non-hydrogen) atoms. The topological polar surface area (TPSA) is 95.9 Å². The van der Waals surface area contributed by atoms with Crippen molar-refractivity contribution in [3.8, 4) is 11.3 Å². The average molecular weight is 522 g/mol. The highest BCUT2D eigenvalue weighted by atomic mass is 16.1. The van der Waals surface area contributed by atoms with Gasteiger partial charge in [0.2, 0.25) is 5.95 Å². The van der Waals surface area contributed by atoms with E-state index in [9.17, 15) is 4.79 Å². The number of nitrogens with one attached hydrogen (secondary N) is 2. The van der Waals surface area contributed by atoms with Gasteiger partial charge in [0.1, 0.15) is 0 Å². The summed E-state index contributed by atoms with van der Waals surface area (Å²) in [6.45, 7) is 12.1. The Morgan fingerprint density at radius 1 is 1.05 bits per heavy atom. The van der Waals surface area contributed by atoms with Crippen molar-refractivity contribution in [2.45, 2.75) is 40.0 Å². The molecule has 1 amide bonds. The van der Waals surface area contributed by atoms with Crippen LogP contribution < -0.4 is 10.6 Å². The zero-order valence-electron chi connectivity index (χ0n) is 23.0. The first-order valence-corrected chi connectivity index (χ1v) is 13.3. The lowest BCUT2D eigenvalue weighted by Gasteiger charge is -2.26. The maximum absolute atomic E-state index is 13.1. The van der Waals surface area contributed by atoms with E-state index in [1.807, 2.05) is 37.3 Å². The number of likely N-dealkylation sites (tertiary alicyclic amines) is 1. The van der Waals surface area contributed by atoms with Crippen LogP contribution in [-0.4, -0.2) is 50.4 Å². The number of pyridine rings is 2. The molecule has 200 valence electrons. The van der Waals surface area contributed by atoms with Crippen LogP contribution in [-0.2, 0) is 0 Å². The van der Waals surface area contributed by atoms with E-state index in [2.05, 4.69) is 68.4 Å². The predicted molar refractivity (Wildman–Crippen MR) is 155 cm³/mol. The van der Waals surface area contributed by atoms with Gasteiger partial charge in [0, 0.05) is 49.1 Å². The number of nitrogens with zero attached hydrogens (tertiary/aromatic N) is 5. The Morgan fingerprint density at radius 3 is 2.62 bits per heavy atom. The molecule has 5 rings (SSSR count). The monoisotopic (exact) mass is 521 g/mol. The minimum Gasteiger partial charge on any atom is -0.323 e. The first kappa shape index (κ1) is 26.4. The summed E-state index contributed by atoms with van der Waals surface area (Å²) in [7, 11) is 0. The first-order valence-electron chi connectivity index (χ1n) is 13.3. The van der Waals surface area contributed by atoms with E-state index in [1.54, 1.807) is 30.9 Å². The predicted octanol–water partition coefficient (Wildman–Crippen LogP) is 6.07. The summed E-state index contributed by atoms with van der Waals surface area (Å²) in [5.74, 6) is 0.730. The molecule has 4 aromatic rings. The summed E-state index contributed by atoms with van der Waals surface area (Å²) in [5.41, 5.74) is 5.89. The summed E-state index contributed by atoms with van der Waals surface area (Å²) in [5, 5.41) is 6.21. The van der Waals surface area contributed by atoms with Crippen molar-refractivity contribution in [2.24, 2.45) is 5.41 Å². The first-order chi connectivity index (χ1) is 18.7. The molecule has 1 aliphatic rings. The molecule has 8 heteroatoms. The van der Waals surface area contributed by atoms with Gasteiger partial charge >= 0.3 is 0 Å². The highest BCUT2D eigenvalue weighted by Crippen LogP contribution is 2.30. The molecule has 1 aromatic carbocycles. The van der Waals surface area contributed by atoms with Crippen LogP contribution in [0, 0.1) is 12.3 Å².